The molecule has 0 spiro atoms. The molecular weight excluding hydrogens is 182 g/mol. The highest BCUT2D eigenvalue weighted by Gasteiger charge is 2.09. The van der Waals surface area contributed by atoms with Crippen molar-refractivity contribution in [3.63, 3.8) is 0 Å². The summed E-state index contributed by atoms with van der Waals surface area (Å²) in [4.78, 5) is 0. The predicted octanol–water partition coefficient (Wildman–Crippen LogP) is 3.23. The van der Waals surface area contributed by atoms with Crippen LogP contribution in [0.5, 0.6) is 0 Å². The highest BCUT2D eigenvalue weighted by atomic mass is 14.9. The Morgan fingerprint density at radius 3 is 2.80 bits per heavy atom. The molecule has 1 heteroatoms. The van der Waals surface area contributed by atoms with Gasteiger partial charge >= 0.3 is 0 Å². The minimum atomic E-state index is 0.707. The molecule has 0 aliphatic carbocycles. The van der Waals surface area contributed by atoms with Crippen LogP contribution in [0.4, 0.5) is 0 Å². The molecular formula is C14H19N. The average Bonchev–Trinajstić information content (AvgIpc) is 2.32. The molecule has 80 valence electrons. The van der Waals surface area contributed by atoms with Crippen LogP contribution < -0.4 is 5.32 Å². The van der Waals surface area contributed by atoms with E-state index in [1.807, 2.05) is 0 Å². The first-order valence-electron chi connectivity index (χ1n) is 5.90. The molecule has 0 bridgehead atoms. The van der Waals surface area contributed by atoms with Crippen molar-refractivity contribution in [2.45, 2.75) is 31.7 Å². The van der Waals surface area contributed by atoms with Crippen molar-refractivity contribution >= 4 is 6.08 Å². The standard InChI is InChI=1S/C14H19N/c1-2-7-13(8-3-1)9-6-11-14-10-4-5-12-15-14/h1-3,6-9,14-15H,4-5,10-12H2/b9-6+. The SMILES string of the molecule is C(=C\c1ccccc1)/CC1CCCCN1. The van der Waals surface area contributed by atoms with Crippen molar-refractivity contribution in [2.24, 2.45) is 0 Å². The Labute approximate surface area is 92.2 Å². The zero-order valence-corrected chi connectivity index (χ0v) is 9.15. The van der Waals surface area contributed by atoms with Crippen LogP contribution in [-0.2, 0) is 0 Å². The van der Waals surface area contributed by atoms with E-state index in [0.717, 1.165) is 6.42 Å². The van der Waals surface area contributed by atoms with E-state index in [1.54, 1.807) is 0 Å². The van der Waals surface area contributed by atoms with Gasteiger partial charge < -0.3 is 5.32 Å². The first kappa shape index (κ1) is 10.4. The summed E-state index contributed by atoms with van der Waals surface area (Å²) in [6.45, 7) is 1.20. The van der Waals surface area contributed by atoms with Gasteiger partial charge in [-0.25, -0.2) is 0 Å². The molecule has 1 atom stereocenters. The van der Waals surface area contributed by atoms with Gasteiger partial charge in [-0.15, -0.1) is 0 Å². The maximum Gasteiger partial charge on any atom is 0.0102 e. The summed E-state index contributed by atoms with van der Waals surface area (Å²) in [6.07, 6.45) is 9.73. The van der Waals surface area contributed by atoms with E-state index in [4.69, 9.17) is 0 Å². The molecule has 0 saturated carbocycles. The van der Waals surface area contributed by atoms with Gasteiger partial charge in [0.15, 0.2) is 0 Å². The Hall–Kier alpha value is -1.08. The van der Waals surface area contributed by atoms with Gasteiger partial charge in [-0.3, -0.25) is 0 Å². The van der Waals surface area contributed by atoms with E-state index < -0.39 is 0 Å². The lowest BCUT2D eigenvalue weighted by atomic mass is 10.0. The number of benzene rings is 1. The fourth-order valence-electron chi connectivity index (χ4n) is 2.06. The predicted molar refractivity (Wildman–Crippen MR) is 65.7 cm³/mol. The monoisotopic (exact) mass is 201 g/mol. The molecule has 1 fully saturated rings. The number of hydrogen-bond donors (Lipinski definition) is 1. The molecule has 1 aliphatic heterocycles. The molecule has 15 heavy (non-hydrogen) atoms. The van der Waals surface area contributed by atoms with Crippen LogP contribution in [0.15, 0.2) is 36.4 Å². The van der Waals surface area contributed by atoms with E-state index in [-0.39, 0.29) is 0 Å². The highest BCUT2D eigenvalue weighted by molar-refractivity contribution is 5.48. The molecule has 1 aromatic carbocycles. The second-order valence-corrected chi connectivity index (χ2v) is 4.20. The smallest absolute Gasteiger partial charge is 0.0102 e. The quantitative estimate of drug-likeness (QED) is 0.791. The van der Waals surface area contributed by atoms with Crippen molar-refractivity contribution in [2.75, 3.05) is 6.54 Å². The lowest BCUT2D eigenvalue weighted by Crippen LogP contribution is -2.33. The summed E-state index contributed by atoms with van der Waals surface area (Å²) in [5.41, 5.74) is 1.30. The summed E-state index contributed by atoms with van der Waals surface area (Å²) in [6, 6.07) is 11.2. The van der Waals surface area contributed by atoms with Crippen LogP contribution in [-0.4, -0.2) is 12.6 Å². The summed E-state index contributed by atoms with van der Waals surface area (Å²) in [5, 5.41) is 3.55. The van der Waals surface area contributed by atoms with Crippen LogP contribution in [0, 0.1) is 0 Å². The molecule has 1 unspecified atom stereocenters. The maximum atomic E-state index is 3.55. The van der Waals surface area contributed by atoms with E-state index in [1.165, 1.54) is 31.4 Å². The van der Waals surface area contributed by atoms with Crippen molar-refractivity contribution in [3.05, 3.63) is 42.0 Å². The van der Waals surface area contributed by atoms with Gasteiger partial charge in [0.1, 0.15) is 0 Å². The largest absolute Gasteiger partial charge is 0.314 e. The second-order valence-electron chi connectivity index (χ2n) is 4.20. The Morgan fingerprint density at radius 1 is 1.20 bits per heavy atom. The molecule has 0 aromatic heterocycles. The molecule has 1 nitrogen and oxygen atoms in total. The third kappa shape index (κ3) is 3.52. The van der Waals surface area contributed by atoms with Gasteiger partial charge in [0, 0.05) is 6.04 Å². The molecule has 0 radical (unpaired) electrons. The van der Waals surface area contributed by atoms with Crippen molar-refractivity contribution in [1.82, 2.24) is 5.32 Å². The fraction of sp³-hybridized carbons (Fsp3) is 0.429. The summed E-state index contributed by atoms with van der Waals surface area (Å²) in [7, 11) is 0. The minimum absolute atomic E-state index is 0.707. The first-order valence-corrected chi connectivity index (χ1v) is 5.90. The van der Waals surface area contributed by atoms with Gasteiger partial charge in [0.25, 0.3) is 0 Å². The van der Waals surface area contributed by atoms with Crippen LogP contribution in [0.25, 0.3) is 6.08 Å². The van der Waals surface area contributed by atoms with Crippen LogP contribution in [0.1, 0.15) is 31.2 Å². The number of nitrogens with one attached hydrogen (secondary N) is 1. The van der Waals surface area contributed by atoms with Crippen LogP contribution in [0.2, 0.25) is 0 Å². The van der Waals surface area contributed by atoms with Gasteiger partial charge in [-0.1, -0.05) is 48.9 Å². The third-order valence-corrected chi connectivity index (χ3v) is 2.94. The third-order valence-electron chi connectivity index (χ3n) is 2.94. The van der Waals surface area contributed by atoms with Crippen molar-refractivity contribution in [1.29, 1.82) is 0 Å². The lowest BCUT2D eigenvalue weighted by Gasteiger charge is -2.21. The Kier molecular flexibility index (Phi) is 3.98. The number of rotatable bonds is 3. The number of hydrogen-bond acceptors (Lipinski definition) is 1. The van der Waals surface area contributed by atoms with Crippen molar-refractivity contribution < 1.29 is 0 Å². The highest BCUT2D eigenvalue weighted by Crippen LogP contribution is 2.11. The van der Waals surface area contributed by atoms with E-state index >= 15 is 0 Å². The van der Waals surface area contributed by atoms with Gasteiger partial charge in [-0.2, -0.15) is 0 Å². The van der Waals surface area contributed by atoms with Gasteiger partial charge in [0.05, 0.1) is 0 Å². The molecule has 1 aliphatic rings. The zero-order chi connectivity index (χ0) is 10.3. The molecule has 2 rings (SSSR count). The summed E-state index contributed by atoms with van der Waals surface area (Å²) in [5.74, 6) is 0. The van der Waals surface area contributed by atoms with E-state index in [2.05, 4.69) is 47.8 Å². The Balaban J connectivity index is 1.79. The van der Waals surface area contributed by atoms with Gasteiger partial charge in [-0.05, 0) is 31.4 Å². The Morgan fingerprint density at radius 2 is 2.07 bits per heavy atom. The van der Waals surface area contributed by atoms with Crippen molar-refractivity contribution in [3.8, 4) is 0 Å². The lowest BCUT2D eigenvalue weighted by molar-refractivity contribution is 0.404. The van der Waals surface area contributed by atoms with Crippen LogP contribution in [0.3, 0.4) is 0 Å². The van der Waals surface area contributed by atoms with E-state index in [0.29, 0.717) is 6.04 Å². The van der Waals surface area contributed by atoms with Crippen LogP contribution >= 0.6 is 0 Å². The first-order chi connectivity index (χ1) is 7.45. The average molecular weight is 201 g/mol. The summed E-state index contributed by atoms with van der Waals surface area (Å²) >= 11 is 0. The topological polar surface area (TPSA) is 12.0 Å². The normalized spacial score (nSPS) is 22.0. The number of piperidine rings is 1. The van der Waals surface area contributed by atoms with Gasteiger partial charge in [0.2, 0.25) is 0 Å². The Bertz CT molecular complexity index is 296. The molecule has 1 aromatic rings. The molecule has 1 heterocycles. The second kappa shape index (κ2) is 5.72. The minimum Gasteiger partial charge on any atom is -0.314 e. The zero-order valence-electron chi connectivity index (χ0n) is 9.15. The molecule has 1 N–H and O–H groups in total. The fourth-order valence-corrected chi connectivity index (χ4v) is 2.06. The molecule has 1 saturated heterocycles. The molecule has 0 amide bonds. The summed E-state index contributed by atoms with van der Waals surface area (Å²) < 4.78 is 0. The van der Waals surface area contributed by atoms with E-state index in [9.17, 15) is 0 Å². The maximum absolute atomic E-state index is 3.55.